The molecule has 0 radical (unpaired) electrons. The van der Waals surface area contributed by atoms with E-state index >= 15 is 0 Å². The summed E-state index contributed by atoms with van der Waals surface area (Å²) in [6.45, 7) is 6.93. The Morgan fingerprint density at radius 1 is 0.300 bits per heavy atom. The van der Waals surface area contributed by atoms with Crippen LogP contribution >= 0.6 is 92.8 Å². The van der Waals surface area contributed by atoms with Crippen LogP contribution in [0.1, 0.15) is 166 Å². The zero-order valence-electron chi connectivity index (χ0n) is 79.1. The Bertz CT molecular complexity index is 6630. The molecule has 0 bridgehead atoms. The van der Waals surface area contributed by atoms with Crippen molar-refractivity contribution in [3.63, 3.8) is 0 Å². The molecule has 2 saturated heterocycles. The molecular formula is C109H107Cl8N15O8. The molecule has 2 fully saturated rings. The number of hydrogen-bond acceptors (Lipinski definition) is 17. The Morgan fingerprint density at radius 3 is 0.757 bits per heavy atom. The molecular weight excluding hydrogens is 1930 g/mol. The number of rotatable bonds is 28. The number of benzene rings is 12. The number of hydrogen-bond donors (Lipinski definition) is 7. The molecule has 3 aliphatic heterocycles. The molecule has 12 aromatic carbocycles. The number of ketones is 4. The molecule has 0 unspecified atom stereocenters. The summed E-state index contributed by atoms with van der Waals surface area (Å²) in [6.07, 6.45) is 5.73. The normalized spacial score (nSPS) is 12.5. The third-order valence-electron chi connectivity index (χ3n) is 23.6. The van der Waals surface area contributed by atoms with Gasteiger partial charge in [0.1, 0.15) is 17.5 Å². The first-order chi connectivity index (χ1) is 66.8. The molecule has 4 amide bonds. The van der Waals surface area contributed by atoms with Gasteiger partial charge in [0, 0.05) is 274 Å². The molecule has 0 spiro atoms. The molecule has 0 atom stereocenters. The Balaban J connectivity index is 0.000000167. The van der Waals surface area contributed by atoms with E-state index in [4.69, 9.17) is 109 Å². The van der Waals surface area contributed by atoms with Gasteiger partial charge in [-0.1, -0.05) is 190 Å². The van der Waals surface area contributed by atoms with Gasteiger partial charge in [-0.15, -0.1) is 0 Å². The first kappa shape index (κ1) is 106. The number of nitrogens with zero attached hydrogens (tertiary/aromatic N) is 8. The van der Waals surface area contributed by atoms with Crippen molar-refractivity contribution >= 4 is 208 Å². The van der Waals surface area contributed by atoms with E-state index < -0.39 is 0 Å². The number of amides is 4. The van der Waals surface area contributed by atoms with Crippen molar-refractivity contribution in [1.29, 1.82) is 16.2 Å². The van der Waals surface area contributed by atoms with Gasteiger partial charge in [0.25, 0.3) is 23.6 Å². The van der Waals surface area contributed by atoms with Crippen molar-refractivity contribution in [1.82, 2.24) is 14.7 Å². The zero-order valence-corrected chi connectivity index (χ0v) is 85.1. The van der Waals surface area contributed by atoms with E-state index in [0.29, 0.717) is 170 Å². The molecule has 0 aromatic heterocycles. The monoisotopic (exact) mass is 2030 g/mol. The fourth-order valence-corrected chi connectivity index (χ4v) is 17.6. The minimum atomic E-state index is -0.365. The van der Waals surface area contributed by atoms with E-state index in [0.717, 1.165) is 93.0 Å². The largest absolute Gasteiger partial charge is 0.377 e. The maximum Gasteiger partial charge on any atom is 0.256 e. The molecule has 15 rings (SSSR count). The summed E-state index contributed by atoms with van der Waals surface area (Å²) in [5, 5.41) is 40.0. The van der Waals surface area contributed by atoms with Gasteiger partial charge in [-0.3, -0.25) is 54.2 Å². The van der Waals surface area contributed by atoms with E-state index in [1.807, 2.05) is 132 Å². The van der Waals surface area contributed by atoms with Gasteiger partial charge in [-0.2, -0.15) is 0 Å². The van der Waals surface area contributed by atoms with E-state index in [-0.39, 0.29) is 72.4 Å². The number of aliphatic imine (C=N–C) groups is 1. The summed E-state index contributed by atoms with van der Waals surface area (Å²) in [7, 11) is 16.8. The topological polar surface area (TPSA) is 291 Å². The molecule has 0 aliphatic carbocycles. The lowest BCUT2D eigenvalue weighted by Gasteiger charge is -2.29. The van der Waals surface area contributed by atoms with Gasteiger partial charge in [0.05, 0.1) is 6.54 Å². The predicted octanol–water partition coefficient (Wildman–Crippen LogP) is 24.3. The van der Waals surface area contributed by atoms with Crippen LogP contribution in [-0.4, -0.2) is 187 Å². The maximum atomic E-state index is 13.4. The lowest BCUT2D eigenvalue weighted by atomic mass is 9.95. The van der Waals surface area contributed by atoms with Crippen molar-refractivity contribution < 1.29 is 38.4 Å². The standard InChI is InChI=1S/C29H30Cl2N4O2.C28H28Cl2N4O2.C27H26Cl2N4O2.C25H23Cl2N3O2/c1-34(2)26-17-22(31)16-25(29(37)33-23-12-10-21(30)11-13-23)24(26)18-27(36)19-6-8-20(9-7-19)28(32)35-14-4-3-5-15-35;1-33(2)25-16-21(30)15-24(28(36)32-22-11-9-20(29)10-12-22)23(25)17-26(35)18-5-7-19(8-6-18)27(31)34-13-3-4-14-34;1-32(2)24-15-20(29)14-23(27(35)31-21-10-8-19(28)9-11-21)22(24)16-25(34)17-4-6-18(7-5-17)26-30-12-13-33(26)3;1-15(28)16-4-6-17(7-5-16)24(31)14-21-22(12-19(27)13-23(21)30(2)3)25(32)29-20-10-8-18(26)9-11-20/h6-13,16-17,32H,3-5,14-15,18H2,1-2H3,(H,33,37);5-12,15-16,31H,3-4,13-14,17H2,1-2H3,(H,32,36);4-11,14-15H,12-13,16H2,1-3H3,(H,31,35);4-13,28H,14H2,1-3H3,(H,29,32). The minimum Gasteiger partial charge on any atom is -0.377 e. The second-order valence-electron chi connectivity index (χ2n) is 34.6. The number of Topliss-reactive ketones (excluding diaryl/α,β-unsaturated/α-hetero) is 4. The molecule has 12 aromatic rings. The summed E-state index contributed by atoms with van der Waals surface area (Å²) < 4.78 is 0. The highest BCUT2D eigenvalue weighted by molar-refractivity contribution is 6.34. The number of amidine groups is 3. The Hall–Kier alpha value is -13.2. The number of likely N-dealkylation sites (tertiary alicyclic amines) is 2. The second kappa shape index (κ2) is 49.1. The number of halogens is 8. The molecule has 3 aliphatic rings. The van der Waals surface area contributed by atoms with E-state index in [1.54, 1.807) is 201 Å². The van der Waals surface area contributed by atoms with Gasteiger partial charge < -0.3 is 61.0 Å². The highest BCUT2D eigenvalue weighted by Crippen LogP contribution is 2.37. The zero-order chi connectivity index (χ0) is 101. The Morgan fingerprint density at radius 2 is 0.529 bits per heavy atom. The van der Waals surface area contributed by atoms with E-state index in [2.05, 4.69) is 41.0 Å². The van der Waals surface area contributed by atoms with Crippen molar-refractivity contribution in [2.24, 2.45) is 4.99 Å². The van der Waals surface area contributed by atoms with Crippen molar-refractivity contribution in [3.05, 3.63) is 372 Å². The van der Waals surface area contributed by atoms with Crippen LogP contribution in [0.4, 0.5) is 45.5 Å². The predicted molar refractivity (Wildman–Crippen MR) is 575 cm³/mol. The molecule has 722 valence electrons. The van der Waals surface area contributed by atoms with Crippen LogP contribution < -0.4 is 40.9 Å². The van der Waals surface area contributed by atoms with Crippen LogP contribution in [0.15, 0.2) is 248 Å². The average Bonchev–Trinajstić information content (AvgIpc) is 0.889. The first-order valence-electron chi connectivity index (χ1n) is 45.1. The fraction of sp³-hybridized carbons (Fsp3) is 0.229. The van der Waals surface area contributed by atoms with Gasteiger partial charge in [-0.25, -0.2) is 0 Å². The quantitative estimate of drug-likeness (QED) is 0.0136. The Kier molecular flexibility index (Phi) is 37.0. The number of carbonyl (C=O) groups excluding carboxylic acids is 8. The SMILES string of the molecule is CC(=N)c1ccc(C(=O)Cc2c(C(=O)Nc3ccc(Cl)cc3)cc(Cl)cc2N(C)C)cc1.CN(C)c1cc(Cl)cc(C(=O)Nc2ccc(Cl)cc2)c1CC(=O)c1ccc(C(=N)N2CCCC2)cc1.CN(C)c1cc(Cl)cc(C(=O)Nc2ccc(Cl)cc2)c1CC(=O)c1ccc(C(=N)N2CCCCC2)cc1.CN1CCN=C1c1ccc(C(=O)Cc2c(C(=O)Nc3ccc(Cl)cc3)cc(Cl)cc2N(C)C)cc1. The van der Waals surface area contributed by atoms with E-state index in [1.165, 1.54) is 6.42 Å². The number of carbonyl (C=O) groups is 8. The summed E-state index contributed by atoms with van der Waals surface area (Å²) in [6, 6.07) is 69.2. The van der Waals surface area contributed by atoms with Gasteiger partial charge in [0.2, 0.25) is 0 Å². The van der Waals surface area contributed by atoms with Crippen LogP contribution in [0, 0.1) is 16.2 Å². The molecule has 140 heavy (non-hydrogen) atoms. The van der Waals surface area contributed by atoms with Crippen LogP contribution in [0.3, 0.4) is 0 Å². The van der Waals surface area contributed by atoms with Crippen molar-refractivity contribution in [2.45, 2.75) is 64.7 Å². The second-order valence-corrected chi connectivity index (χ2v) is 38.1. The average molecular weight is 2040 g/mol. The van der Waals surface area contributed by atoms with Crippen LogP contribution in [0.2, 0.25) is 40.2 Å². The van der Waals surface area contributed by atoms with Crippen LogP contribution in [-0.2, 0) is 25.7 Å². The third kappa shape index (κ3) is 28.3. The lowest BCUT2D eigenvalue weighted by molar-refractivity contribution is 0.0980. The number of anilines is 8. The van der Waals surface area contributed by atoms with Crippen LogP contribution in [0.5, 0.6) is 0 Å². The fourth-order valence-electron chi connectivity index (χ4n) is 16.2. The van der Waals surface area contributed by atoms with Crippen molar-refractivity contribution in [3.8, 4) is 0 Å². The van der Waals surface area contributed by atoms with Gasteiger partial charge in [-0.05, 0) is 212 Å². The third-order valence-corrected chi connectivity index (χ3v) is 25.5. The smallest absolute Gasteiger partial charge is 0.256 e. The summed E-state index contributed by atoms with van der Waals surface area (Å²) in [5.74, 6) is -0.00268. The van der Waals surface area contributed by atoms with Crippen molar-refractivity contribution in [2.75, 3.05) is 144 Å². The maximum absolute atomic E-state index is 13.4. The minimum absolute atomic E-state index is 0.0248. The van der Waals surface area contributed by atoms with E-state index in [9.17, 15) is 38.4 Å². The van der Waals surface area contributed by atoms with Gasteiger partial charge in [0.15, 0.2) is 23.1 Å². The highest BCUT2D eigenvalue weighted by Gasteiger charge is 2.29. The highest BCUT2D eigenvalue weighted by atomic mass is 35.5. The number of piperidine rings is 1. The number of nitrogens with one attached hydrogen (secondary N) is 7. The Labute approximate surface area is 856 Å². The lowest BCUT2D eigenvalue weighted by Crippen LogP contribution is -2.35. The summed E-state index contributed by atoms with van der Waals surface area (Å²) >= 11 is 49.2. The number of likely N-dealkylation sites (N-methyl/N-ethyl adjacent to an activating group) is 1. The molecule has 3 heterocycles. The summed E-state index contributed by atoms with van der Waals surface area (Å²) in [4.78, 5) is 124. The molecule has 7 N–H and O–H groups in total. The molecule has 31 heteroatoms. The molecule has 23 nitrogen and oxygen atoms in total. The first-order valence-corrected chi connectivity index (χ1v) is 48.1. The summed E-state index contributed by atoms with van der Waals surface area (Å²) in [5.41, 5.74) is 14.8. The molecule has 0 saturated carbocycles. The van der Waals surface area contributed by atoms with Gasteiger partial charge >= 0.3 is 0 Å². The van der Waals surface area contributed by atoms with Crippen LogP contribution in [0.25, 0.3) is 0 Å².